The van der Waals surface area contributed by atoms with Gasteiger partial charge in [-0.05, 0) is 7.05 Å². The Labute approximate surface area is 93.1 Å². The number of ether oxygens (including phenoxy) is 1. The molecule has 1 aliphatic rings. The van der Waals surface area contributed by atoms with Crippen molar-refractivity contribution >= 4 is 10.4 Å². The van der Waals surface area contributed by atoms with Gasteiger partial charge in [0.25, 0.3) is 0 Å². The second-order valence-electron chi connectivity index (χ2n) is 3.46. The first-order chi connectivity index (χ1) is 7.33. The predicted octanol–water partition coefficient (Wildman–Crippen LogP) is -2.48. The van der Waals surface area contributed by atoms with E-state index in [4.69, 9.17) is 4.74 Å². The van der Waals surface area contributed by atoms with Crippen molar-refractivity contribution in [1.82, 2.24) is 5.32 Å². The van der Waals surface area contributed by atoms with E-state index in [1.165, 1.54) is 0 Å². The van der Waals surface area contributed by atoms with Crippen molar-refractivity contribution in [3.63, 3.8) is 0 Å². The van der Waals surface area contributed by atoms with Crippen LogP contribution >= 0.6 is 0 Å². The molecule has 96 valence electrons. The molecule has 8 nitrogen and oxygen atoms in total. The first-order valence-electron chi connectivity index (χ1n) is 4.62. The highest BCUT2D eigenvalue weighted by molar-refractivity contribution is 7.80. The zero-order valence-electron chi connectivity index (χ0n) is 8.57. The summed E-state index contributed by atoms with van der Waals surface area (Å²) in [5.74, 6) is 0. The highest BCUT2D eigenvalue weighted by Crippen LogP contribution is 2.19. The molecular weight excluding hydrogens is 242 g/mol. The average molecular weight is 256 g/mol. The zero-order valence-corrected chi connectivity index (χ0v) is 9.38. The summed E-state index contributed by atoms with van der Waals surface area (Å²) in [6.07, 6.45) is -2.95. The van der Waals surface area contributed by atoms with Crippen LogP contribution in [0.5, 0.6) is 0 Å². The Bertz CT molecular complexity index is 307. The topological polar surface area (TPSA) is 128 Å². The molecule has 0 aromatic heterocycles. The fraction of sp³-hybridized carbons (Fsp3) is 1.00. The highest BCUT2D eigenvalue weighted by Gasteiger charge is 2.36. The zero-order chi connectivity index (χ0) is 12.3. The van der Waals surface area contributed by atoms with E-state index >= 15 is 0 Å². The summed E-state index contributed by atoms with van der Waals surface area (Å²) in [5, 5.41) is 21.6. The Morgan fingerprint density at radius 1 is 1.56 bits per heavy atom. The molecule has 0 saturated carbocycles. The molecule has 1 aliphatic heterocycles. The lowest BCUT2D eigenvalue weighted by atomic mass is 10.0. The number of hydrogen-bond donors (Lipinski definition) is 3. The monoisotopic (exact) mass is 256 g/mol. The summed E-state index contributed by atoms with van der Waals surface area (Å²) < 4.78 is 39.5. The molecule has 0 amide bonds. The minimum Gasteiger partial charge on any atom is -0.726 e. The molecule has 16 heavy (non-hydrogen) atoms. The van der Waals surface area contributed by atoms with Crippen LogP contribution in [0, 0.1) is 0 Å². The van der Waals surface area contributed by atoms with Crippen LogP contribution in [0.2, 0.25) is 0 Å². The summed E-state index contributed by atoms with van der Waals surface area (Å²) in [5.41, 5.74) is 0. The maximum atomic E-state index is 10.2. The van der Waals surface area contributed by atoms with Crippen LogP contribution in [0.15, 0.2) is 0 Å². The van der Waals surface area contributed by atoms with Crippen LogP contribution in [-0.4, -0.2) is 61.4 Å². The van der Waals surface area contributed by atoms with Gasteiger partial charge in [-0.1, -0.05) is 0 Å². The molecule has 1 fully saturated rings. The lowest BCUT2D eigenvalue weighted by Gasteiger charge is -2.36. The molecule has 0 aromatic carbocycles. The highest BCUT2D eigenvalue weighted by atomic mass is 32.3. The van der Waals surface area contributed by atoms with Crippen LogP contribution < -0.4 is 5.32 Å². The standard InChI is InChI=1S/C7H15NO7S/c1-8-6-5(9)2-4(15-7(6)10)3-14-16(11,12)13/h4-10H,2-3H2,1H3,(H,11,12,13)/p-1/t4?,5-,6?,7?/m1/s1. The van der Waals surface area contributed by atoms with Crippen molar-refractivity contribution in [3.05, 3.63) is 0 Å². The Kier molecular flexibility index (Phi) is 4.62. The molecule has 4 atom stereocenters. The van der Waals surface area contributed by atoms with Crippen molar-refractivity contribution in [2.45, 2.75) is 31.0 Å². The Morgan fingerprint density at radius 2 is 2.19 bits per heavy atom. The molecule has 1 rings (SSSR count). The number of rotatable bonds is 4. The molecule has 3 unspecified atom stereocenters. The van der Waals surface area contributed by atoms with Crippen molar-refractivity contribution in [3.8, 4) is 0 Å². The molecule has 0 spiro atoms. The summed E-state index contributed by atoms with van der Waals surface area (Å²) in [6, 6.07) is -0.653. The molecule has 1 saturated heterocycles. The summed E-state index contributed by atoms with van der Waals surface area (Å²) >= 11 is 0. The number of likely N-dealkylation sites (N-methyl/N-ethyl adjacent to an activating group) is 1. The number of aliphatic hydroxyl groups excluding tert-OH is 2. The van der Waals surface area contributed by atoms with Gasteiger partial charge in [0.2, 0.25) is 10.4 Å². The molecule has 9 heteroatoms. The van der Waals surface area contributed by atoms with Gasteiger partial charge in [-0.25, -0.2) is 8.42 Å². The van der Waals surface area contributed by atoms with Crippen LogP contribution in [0.4, 0.5) is 0 Å². The van der Waals surface area contributed by atoms with Crippen molar-refractivity contribution in [1.29, 1.82) is 0 Å². The summed E-state index contributed by atoms with van der Waals surface area (Å²) in [4.78, 5) is 0. The summed E-state index contributed by atoms with van der Waals surface area (Å²) in [7, 11) is -3.25. The fourth-order valence-corrected chi connectivity index (χ4v) is 1.86. The molecule has 3 N–H and O–H groups in total. The maximum Gasteiger partial charge on any atom is 0.217 e. The van der Waals surface area contributed by atoms with Gasteiger partial charge in [0.1, 0.15) is 0 Å². The van der Waals surface area contributed by atoms with Crippen molar-refractivity contribution < 1.29 is 32.1 Å². The van der Waals surface area contributed by atoms with Gasteiger partial charge < -0.3 is 24.8 Å². The lowest BCUT2D eigenvalue weighted by molar-refractivity contribution is -0.211. The van der Waals surface area contributed by atoms with E-state index in [1.807, 2.05) is 0 Å². The van der Waals surface area contributed by atoms with Crippen LogP contribution in [0.1, 0.15) is 6.42 Å². The van der Waals surface area contributed by atoms with E-state index in [2.05, 4.69) is 9.50 Å². The number of nitrogens with one attached hydrogen (secondary N) is 1. The third-order valence-corrected chi connectivity index (χ3v) is 2.71. The van der Waals surface area contributed by atoms with Gasteiger partial charge >= 0.3 is 0 Å². The third kappa shape index (κ3) is 3.94. The average Bonchev–Trinajstić information content (AvgIpc) is 2.13. The van der Waals surface area contributed by atoms with Gasteiger partial charge in [0, 0.05) is 6.42 Å². The largest absolute Gasteiger partial charge is 0.726 e. The van der Waals surface area contributed by atoms with E-state index in [0.717, 1.165) is 0 Å². The van der Waals surface area contributed by atoms with Crippen LogP contribution in [0.3, 0.4) is 0 Å². The van der Waals surface area contributed by atoms with E-state index in [1.54, 1.807) is 7.05 Å². The van der Waals surface area contributed by atoms with Gasteiger partial charge in [-0.15, -0.1) is 0 Å². The quantitative estimate of drug-likeness (QED) is 0.372. The van der Waals surface area contributed by atoms with Gasteiger partial charge in [-0.2, -0.15) is 0 Å². The smallest absolute Gasteiger partial charge is 0.217 e. The molecule has 0 radical (unpaired) electrons. The Morgan fingerprint density at radius 3 is 2.62 bits per heavy atom. The van der Waals surface area contributed by atoms with E-state index in [9.17, 15) is 23.2 Å². The second kappa shape index (κ2) is 5.36. The number of hydrogen-bond acceptors (Lipinski definition) is 8. The summed E-state index contributed by atoms with van der Waals surface area (Å²) in [6.45, 7) is -0.517. The minimum atomic E-state index is -4.79. The first-order valence-corrected chi connectivity index (χ1v) is 5.96. The Hall–Kier alpha value is -0.290. The number of aliphatic hydroxyl groups is 2. The SMILES string of the molecule is CNC1C(O)OC(COS(=O)(=O)[O-])C[C@H]1O. The van der Waals surface area contributed by atoms with Gasteiger partial charge in [0.15, 0.2) is 6.29 Å². The third-order valence-electron chi connectivity index (χ3n) is 2.29. The Balaban J connectivity index is 2.48. The molecule has 1 heterocycles. The minimum absolute atomic E-state index is 0.0675. The molecule has 0 aliphatic carbocycles. The molecule has 0 aromatic rings. The fourth-order valence-electron chi connectivity index (χ4n) is 1.54. The van der Waals surface area contributed by atoms with E-state index < -0.39 is 41.5 Å². The predicted molar refractivity (Wildman–Crippen MR) is 50.0 cm³/mol. The van der Waals surface area contributed by atoms with Crippen molar-refractivity contribution in [2.75, 3.05) is 13.7 Å². The maximum absolute atomic E-state index is 10.2. The van der Waals surface area contributed by atoms with Gasteiger partial charge in [-0.3, -0.25) is 4.18 Å². The second-order valence-corrected chi connectivity index (χ2v) is 4.51. The lowest BCUT2D eigenvalue weighted by Crippen LogP contribution is -2.55. The van der Waals surface area contributed by atoms with Gasteiger partial charge in [0.05, 0.1) is 24.9 Å². The van der Waals surface area contributed by atoms with Crippen LogP contribution in [0.25, 0.3) is 0 Å². The van der Waals surface area contributed by atoms with E-state index in [0.29, 0.717) is 0 Å². The molecular formula is C7H14NO7S-. The molecule has 0 bridgehead atoms. The van der Waals surface area contributed by atoms with Crippen molar-refractivity contribution in [2.24, 2.45) is 0 Å². The van der Waals surface area contributed by atoms with Crippen LogP contribution in [-0.2, 0) is 19.3 Å². The normalized spacial score (nSPS) is 36.2. The van der Waals surface area contributed by atoms with E-state index in [-0.39, 0.29) is 6.42 Å². The first kappa shape index (κ1) is 13.8.